The van der Waals surface area contributed by atoms with E-state index in [1.807, 2.05) is 13.8 Å². The van der Waals surface area contributed by atoms with Crippen LogP contribution in [0.2, 0.25) is 0 Å². The third kappa shape index (κ3) is 12.7. The number of amides is 1. The highest BCUT2D eigenvalue weighted by atomic mass is 16.2. The first-order chi connectivity index (χ1) is 10.1. The minimum atomic E-state index is -0.398. The largest absolute Gasteiger partial charge is 0.355 e. The molecule has 0 rings (SSSR count). The number of nitrogens with two attached hydrogens (primary N) is 2. The van der Waals surface area contributed by atoms with Crippen LogP contribution in [0.25, 0.3) is 0 Å². The van der Waals surface area contributed by atoms with E-state index in [1.165, 1.54) is 12.8 Å². The van der Waals surface area contributed by atoms with E-state index in [4.69, 9.17) is 11.5 Å². The molecule has 1 atom stereocenters. The second kappa shape index (κ2) is 14.3. The van der Waals surface area contributed by atoms with Crippen LogP contribution >= 0.6 is 0 Å². The fourth-order valence-corrected chi connectivity index (χ4v) is 1.82. The van der Waals surface area contributed by atoms with Gasteiger partial charge in [0.25, 0.3) is 0 Å². The van der Waals surface area contributed by atoms with Gasteiger partial charge in [0.05, 0.1) is 6.04 Å². The first kappa shape index (κ1) is 20.3. The molecule has 0 aliphatic carbocycles. The van der Waals surface area contributed by atoms with E-state index < -0.39 is 6.04 Å². The summed E-state index contributed by atoms with van der Waals surface area (Å²) in [5.74, 6) is 0.134. The fourth-order valence-electron chi connectivity index (χ4n) is 1.82. The number of hydrogen-bond donors (Lipinski definition) is 5. The lowest BCUT2D eigenvalue weighted by atomic mass is 10.1. The highest BCUT2D eigenvalue weighted by Crippen LogP contribution is 1.97. The molecule has 0 bridgehead atoms. The molecule has 0 aromatic rings. The van der Waals surface area contributed by atoms with Gasteiger partial charge in [-0.1, -0.05) is 13.8 Å². The number of unbranched alkanes of at least 4 members (excludes halogenated alkanes) is 1. The van der Waals surface area contributed by atoms with Gasteiger partial charge in [0, 0.05) is 6.54 Å². The standard InChI is InChI=1S/C15H35N5O/c1-13(2)14(17)15(21)20-12-6-11-19-9-4-3-8-18-10-5-7-16/h13-14,18-19H,3-12,16-17H2,1-2H3,(H,20,21). The highest BCUT2D eigenvalue weighted by molar-refractivity contribution is 5.81. The normalized spacial score (nSPS) is 12.6. The molecule has 1 unspecified atom stereocenters. The Morgan fingerprint density at radius 2 is 1.43 bits per heavy atom. The maximum absolute atomic E-state index is 11.6. The lowest BCUT2D eigenvalue weighted by molar-refractivity contribution is -0.123. The molecule has 0 aromatic heterocycles. The van der Waals surface area contributed by atoms with Crippen molar-refractivity contribution in [3.8, 4) is 0 Å². The van der Waals surface area contributed by atoms with E-state index in [0.29, 0.717) is 6.54 Å². The van der Waals surface area contributed by atoms with E-state index in [2.05, 4.69) is 16.0 Å². The van der Waals surface area contributed by atoms with Gasteiger partial charge in [-0.15, -0.1) is 0 Å². The number of carbonyl (C=O) groups is 1. The van der Waals surface area contributed by atoms with Crippen molar-refractivity contribution >= 4 is 5.91 Å². The molecule has 21 heavy (non-hydrogen) atoms. The average molecular weight is 301 g/mol. The van der Waals surface area contributed by atoms with E-state index in [9.17, 15) is 4.79 Å². The molecule has 0 aliphatic rings. The Morgan fingerprint density at radius 3 is 1.95 bits per heavy atom. The minimum Gasteiger partial charge on any atom is -0.355 e. The maximum atomic E-state index is 11.6. The molecule has 0 radical (unpaired) electrons. The highest BCUT2D eigenvalue weighted by Gasteiger charge is 2.15. The van der Waals surface area contributed by atoms with Crippen molar-refractivity contribution in [1.82, 2.24) is 16.0 Å². The zero-order valence-electron chi connectivity index (χ0n) is 13.8. The summed E-state index contributed by atoms with van der Waals surface area (Å²) in [5, 5.41) is 9.62. The zero-order chi connectivity index (χ0) is 15.9. The lowest BCUT2D eigenvalue weighted by Gasteiger charge is -2.15. The number of nitrogens with one attached hydrogen (secondary N) is 3. The van der Waals surface area contributed by atoms with Gasteiger partial charge < -0.3 is 27.4 Å². The van der Waals surface area contributed by atoms with Crippen LogP contribution in [0.1, 0.15) is 39.5 Å². The Kier molecular flexibility index (Phi) is 13.8. The molecule has 1 amide bonds. The van der Waals surface area contributed by atoms with Gasteiger partial charge in [-0.25, -0.2) is 0 Å². The van der Waals surface area contributed by atoms with Crippen LogP contribution in [0.15, 0.2) is 0 Å². The summed E-state index contributed by atoms with van der Waals surface area (Å²) >= 11 is 0. The van der Waals surface area contributed by atoms with Gasteiger partial charge in [-0.3, -0.25) is 4.79 Å². The van der Waals surface area contributed by atoms with Crippen LogP contribution in [-0.2, 0) is 4.79 Å². The molecule has 6 heteroatoms. The monoisotopic (exact) mass is 301 g/mol. The van der Waals surface area contributed by atoms with Crippen LogP contribution in [-0.4, -0.2) is 51.2 Å². The average Bonchev–Trinajstić information content (AvgIpc) is 2.47. The summed E-state index contributed by atoms with van der Waals surface area (Å²) in [6.45, 7) is 9.39. The van der Waals surface area contributed by atoms with Crippen molar-refractivity contribution in [2.75, 3.05) is 39.3 Å². The van der Waals surface area contributed by atoms with Crippen LogP contribution in [0.4, 0.5) is 0 Å². The van der Waals surface area contributed by atoms with Crippen molar-refractivity contribution in [3.63, 3.8) is 0 Å². The van der Waals surface area contributed by atoms with Crippen LogP contribution < -0.4 is 27.4 Å². The summed E-state index contributed by atoms with van der Waals surface area (Å²) in [7, 11) is 0. The summed E-state index contributed by atoms with van der Waals surface area (Å²) in [5.41, 5.74) is 11.2. The molecule has 7 N–H and O–H groups in total. The number of rotatable bonds is 14. The maximum Gasteiger partial charge on any atom is 0.237 e. The van der Waals surface area contributed by atoms with Gasteiger partial charge in [0.15, 0.2) is 0 Å². The van der Waals surface area contributed by atoms with Crippen LogP contribution in [0.3, 0.4) is 0 Å². The van der Waals surface area contributed by atoms with E-state index in [-0.39, 0.29) is 11.8 Å². The molecule has 0 saturated heterocycles. The molecule has 126 valence electrons. The topological polar surface area (TPSA) is 105 Å². The van der Waals surface area contributed by atoms with Crippen molar-refractivity contribution in [3.05, 3.63) is 0 Å². The molecule has 0 heterocycles. The summed E-state index contributed by atoms with van der Waals surface area (Å²) in [6.07, 6.45) is 4.33. The molecular weight excluding hydrogens is 266 g/mol. The first-order valence-corrected chi connectivity index (χ1v) is 8.24. The Hall–Kier alpha value is -0.690. The summed E-state index contributed by atoms with van der Waals surface area (Å²) < 4.78 is 0. The van der Waals surface area contributed by atoms with Gasteiger partial charge in [-0.2, -0.15) is 0 Å². The Labute approximate surface area is 129 Å². The van der Waals surface area contributed by atoms with E-state index in [0.717, 1.165) is 45.6 Å². The van der Waals surface area contributed by atoms with Gasteiger partial charge >= 0.3 is 0 Å². The summed E-state index contributed by atoms with van der Waals surface area (Å²) in [4.78, 5) is 11.6. The third-order valence-electron chi connectivity index (χ3n) is 3.37. The Morgan fingerprint density at radius 1 is 0.905 bits per heavy atom. The number of carbonyl (C=O) groups excluding carboxylic acids is 1. The molecule has 0 aliphatic heterocycles. The lowest BCUT2D eigenvalue weighted by Crippen LogP contribution is -2.44. The van der Waals surface area contributed by atoms with E-state index >= 15 is 0 Å². The minimum absolute atomic E-state index is 0.0476. The van der Waals surface area contributed by atoms with Crippen LogP contribution in [0, 0.1) is 5.92 Å². The first-order valence-electron chi connectivity index (χ1n) is 8.24. The van der Waals surface area contributed by atoms with E-state index in [1.54, 1.807) is 0 Å². The zero-order valence-corrected chi connectivity index (χ0v) is 13.8. The SMILES string of the molecule is CC(C)C(N)C(=O)NCCCNCCCCNCCCN. The van der Waals surface area contributed by atoms with Crippen LogP contribution in [0.5, 0.6) is 0 Å². The molecule has 0 aromatic carbocycles. The molecule has 6 nitrogen and oxygen atoms in total. The van der Waals surface area contributed by atoms with Gasteiger partial charge in [0.2, 0.25) is 5.91 Å². The molecular formula is C15H35N5O. The van der Waals surface area contributed by atoms with Gasteiger partial charge in [-0.05, 0) is 64.3 Å². The Bertz CT molecular complexity index is 248. The van der Waals surface area contributed by atoms with Crippen molar-refractivity contribution in [2.45, 2.75) is 45.6 Å². The Balaban J connectivity index is 3.21. The third-order valence-corrected chi connectivity index (χ3v) is 3.37. The smallest absolute Gasteiger partial charge is 0.237 e. The van der Waals surface area contributed by atoms with Crippen molar-refractivity contribution in [1.29, 1.82) is 0 Å². The quantitative estimate of drug-likeness (QED) is 0.285. The van der Waals surface area contributed by atoms with Crippen molar-refractivity contribution < 1.29 is 4.79 Å². The fraction of sp³-hybridized carbons (Fsp3) is 0.933. The second-order valence-electron chi connectivity index (χ2n) is 5.76. The summed E-state index contributed by atoms with van der Waals surface area (Å²) in [6, 6.07) is -0.398. The molecule has 0 fully saturated rings. The molecule has 0 saturated carbocycles. The number of hydrogen-bond acceptors (Lipinski definition) is 5. The molecule has 0 spiro atoms. The second-order valence-corrected chi connectivity index (χ2v) is 5.76. The van der Waals surface area contributed by atoms with Crippen molar-refractivity contribution in [2.24, 2.45) is 17.4 Å². The predicted molar refractivity (Wildman–Crippen MR) is 89.1 cm³/mol. The predicted octanol–water partition coefficient (Wildman–Crippen LogP) is -0.216. The van der Waals surface area contributed by atoms with Gasteiger partial charge in [0.1, 0.15) is 0 Å².